The van der Waals surface area contributed by atoms with Gasteiger partial charge >= 0.3 is 39.5 Å². The zero-order valence-corrected chi connectivity index (χ0v) is 53.0. The third kappa shape index (κ3) is 55.3. The molecule has 0 aromatic rings. The predicted octanol–water partition coefficient (Wildman–Crippen LogP) is 16.6. The van der Waals surface area contributed by atoms with Crippen LogP contribution in [0.2, 0.25) is 0 Å². The van der Waals surface area contributed by atoms with Gasteiger partial charge in [0.15, 0.2) is 12.2 Å². The molecule has 0 heterocycles. The average Bonchev–Trinajstić information content (AvgIpc) is 3.42. The van der Waals surface area contributed by atoms with Crippen molar-refractivity contribution in [3.63, 3.8) is 0 Å². The minimum absolute atomic E-state index is 0.102. The SMILES string of the molecule is CCCCCCCCCCCCCCCC(=O)O[C@H](COC(=O)CCCCCCCCCCCCC)COP(=O)(O)OC[C@@H](O)COP(=O)(O)OC[C@@H](COC(=O)CCCCCCCCC)OC(=O)CCCCCCCCC(C)C. The van der Waals surface area contributed by atoms with Gasteiger partial charge in [0.05, 0.1) is 26.4 Å². The molecule has 0 aliphatic rings. The quantitative estimate of drug-likeness (QED) is 0.0222. The number of unbranched alkanes of at least 4 members (excludes halogenated alkanes) is 33. The Morgan fingerprint density at radius 1 is 0.338 bits per heavy atom. The fourth-order valence-corrected chi connectivity index (χ4v) is 10.6. The van der Waals surface area contributed by atoms with Crippen molar-refractivity contribution in [2.45, 2.75) is 323 Å². The summed E-state index contributed by atoms with van der Waals surface area (Å²) in [5, 5.41) is 10.5. The van der Waals surface area contributed by atoms with Gasteiger partial charge in [-0.1, -0.05) is 253 Å². The molecule has 17 nitrogen and oxygen atoms in total. The first-order valence-corrected chi connectivity index (χ1v) is 35.1. The van der Waals surface area contributed by atoms with E-state index in [0.717, 1.165) is 103 Å². The van der Waals surface area contributed by atoms with E-state index >= 15 is 0 Å². The van der Waals surface area contributed by atoms with Crippen LogP contribution in [0, 0.1) is 5.92 Å². The van der Waals surface area contributed by atoms with Gasteiger partial charge in [0.1, 0.15) is 19.3 Å². The maximum atomic E-state index is 12.9. The lowest BCUT2D eigenvalue weighted by Gasteiger charge is -2.21. The van der Waals surface area contributed by atoms with Gasteiger partial charge in [0, 0.05) is 25.7 Å². The van der Waals surface area contributed by atoms with Crippen molar-refractivity contribution in [1.82, 2.24) is 0 Å². The Kier molecular flexibility index (Phi) is 53.6. The second-order valence-electron chi connectivity index (χ2n) is 22.6. The largest absolute Gasteiger partial charge is 0.472 e. The van der Waals surface area contributed by atoms with Gasteiger partial charge in [0.25, 0.3) is 0 Å². The Morgan fingerprint density at radius 2 is 0.575 bits per heavy atom. The highest BCUT2D eigenvalue weighted by atomic mass is 31.2. The number of ether oxygens (including phenoxy) is 4. The van der Waals surface area contributed by atoms with Crippen molar-refractivity contribution in [1.29, 1.82) is 0 Å². The van der Waals surface area contributed by atoms with Gasteiger partial charge in [-0.3, -0.25) is 37.3 Å². The van der Waals surface area contributed by atoms with Gasteiger partial charge < -0.3 is 33.8 Å². The van der Waals surface area contributed by atoms with Crippen LogP contribution in [0.15, 0.2) is 0 Å². The number of aliphatic hydroxyl groups is 1. The van der Waals surface area contributed by atoms with E-state index < -0.39 is 97.5 Å². The third-order valence-corrected chi connectivity index (χ3v) is 15.9. The van der Waals surface area contributed by atoms with Gasteiger partial charge in [-0.05, 0) is 31.6 Å². The molecule has 0 aromatic carbocycles. The summed E-state index contributed by atoms with van der Waals surface area (Å²) in [5.74, 6) is -1.47. The van der Waals surface area contributed by atoms with Crippen molar-refractivity contribution in [3.05, 3.63) is 0 Å². The first-order valence-electron chi connectivity index (χ1n) is 32.1. The van der Waals surface area contributed by atoms with E-state index in [1.165, 1.54) is 116 Å². The maximum absolute atomic E-state index is 12.9. The van der Waals surface area contributed by atoms with Crippen LogP contribution >= 0.6 is 15.6 Å². The molecule has 19 heteroatoms. The second kappa shape index (κ2) is 55.0. The van der Waals surface area contributed by atoms with Crippen LogP contribution in [0.4, 0.5) is 0 Å². The molecule has 0 aliphatic heterocycles. The Labute approximate surface area is 486 Å². The molecule has 5 atom stereocenters. The molecule has 0 amide bonds. The summed E-state index contributed by atoms with van der Waals surface area (Å²) >= 11 is 0. The summed E-state index contributed by atoms with van der Waals surface area (Å²) in [5.41, 5.74) is 0. The van der Waals surface area contributed by atoms with E-state index in [0.29, 0.717) is 31.6 Å². The van der Waals surface area contributed by atoms with Gasteiger partial charge in [-0.2, -0.15) is 0 Å². The van der Waals surface area contributed by atoms with Crippen molar-refractivity contribution in [2.75, 3.05) is 39.6 Å². The van der Waals surface area contributed by atoms with E-state index in [-0.39, 0.29) is 25.7 Å². The zero-order valence-electron chi connectivity index (χ0n) is 51.2. The minimum atomic E-state index is -4.94. The molecule has 0 bridgehead atoms. The lowest BCUT2D eigenvalue weighted by Crippen LogP contribution is -2.30. The van der Waals surface area contributed by atoms with E-state index in [1.807, 2.05) is 0 Å². The van der Waals surface area contributed by atoms with E-state index in [9.17, 15) is 43.2 Å². The Bertz CT molecular complexity index is 1570. The highest BCUT2D eigenvalue weighted by Gasteiger charge is 2.30. The van der Waals surface area contributed by atoms with Crippen LogP contribution in [-0.4, -0.2) is 96.7 Å². The predicted molar refractivity (Wildman–Crippen MR) is 317 cm³/mol. The molecule has 0 spiro atoms. The molecular formula is C61H118O17P2. The summed E-state index contributed by atoms with van der Waals surface area (Å²) < 4.78 is 67.7. The number of hydrogen-bond donors (Lipinski definition) is 3. The molecule has 0 saturated carbocycles. The van der Waals surface area contributed by atoms with Gasteiger partial charge in [0.2, 0.25) is 0 Å². The molecule has 0 radical (unpaired) electrons. The van der Waals surface area contributed by atoms with Crippen LogP contribution in [0.1, 0.15) is 304 Å². The van der Waals surface area contributed by atoms with E-state index in [2.05, 4.69) is 34.6 Å². The van der Waals surface area contributed by atoms with Crippen molar-refractivity contribution < 1.29 is 80.2 Å². The topological polar surface area (TPSA) is 237 Å². The van der Waals surface area contributed by atoms with Crippen molar-refractivity contribution in [2.24, 2.45) is 5.92 Å². The van der Waals surface area contributed by atoms with Crippen molar-refractivity contribution in [3.8, 4) is 0 Å². The molecule has 0 aromatic heterocycles. The third-order valence-electron chi connectivity index (χ3n) is 14.0. The standard InChI is InChI=1S/C61H118O17P2/c1-6-9-12-15-18-20-22-23-25-27-30-36-41-46-60(65)77-56(51-72-59(64)45-40-35-29-26-24-21-19-16-13-10-7-2)52-75-79(67,68)73-48-55(62)49-74-80(69,70)76-53-57(50-71-58(63)44-39-34-28-17-14-11-8-3)78-61(66)47-42-37-32-31-33-38-43-54(4)5/h54-57,62H,6-53H2,1-5H3,(H,67,68)(H,69,70)/t55-,56-,57-/m1/s1. The number of esters is 4. The molecule has 474 valence electrons. The molecule has 0 saturated heterocycles. The number of phosphoric ester groups is 2. The smallest absolute Gasteiger partial charge is 0.462 e. The van der Waals surface area contributed by atoms with Crippen LogP contribution in [-0.2, 0) is 65.4 Å². The zero-order chi connectivity index (χ0) is 59.2. The van der Waals surface area contributed by atoms with Crippen LogP contribution in [0.3, 0.4) is 0 Å². The number of phosphoric acid groups is 2. The number of hydrogen-bond acceptors (Lipinski definition) is 15. The second-order valence-corrected chi connectivity index (χ2v) is 25.5. The summed E-state index contributed by atoms with van der Waals surface area (Å²) in [6.07, 6.45) is 37.8. The molecular weight excluding hydrogens is 1070 g/mol. The molecule has 80 heavy (non-hydrogen) atoms. The first-order chi connectivity index (χ1) is 38.5. The number of carbonyl (C=O) groups is 4. The minimum Gasteiger partial charge on any atom is -0.462 e. The summed E-state index contributed by atoms with van der Waals surface area (Å²) in [4.78, 5) is 71.9. The first kappa shape index (κ1) is 78.1. The van der Waals surface area contributed by atoms with Gasteiger partial charge in [-0.25, -0.2) is 9.13 Å². The van der Waals surface area contributed by atoms with Gasteiger partial charge in [-0.15, -0.1) is 0 Å². The van der Waals surface area contributed by atoms with Crippen molar-refractivity contribution >= 4 is 39.5 Å². The maximum Gasteiger partial charge on any atom is 0.472 e. The summed E-state index contributed by atoms with van der Waals surface area (Å²) in [6, 6.07) is 0. The van der Waals surface area contributed by atoms with Crippen LogP contribution in [0.5, 0.6) is 0 Å². The highest BCUT2D eigenvalue weighted by molar-refractivity contribution is 7.47. The van der Waals surface area contributed by atoms with Crippen LogP contribution < -0.4 is 0 Å². The Morgan fingerprint density at radius 3 is 0.850 bits per heavy atom. The Balaban J connectivity index is 5.21. The molecule has 3 N–H and O–H groups in total. The van der Waals surface area contributed by atoms with Crippen LogP contribution in [0.25, 0.3) is 0 Å². The average molecular weight is 1190 g/mol. The molecule has 0 rings (SSSR count). The summed E-state index contributed by atoms with van der Waals surface area (Å²) in [6.45, 7) is 7.04. The fraction of sp³-hybridized carbons (Fsp3) is 0.934. The number of rotatable bonds is 61. The molecule has 0 aliphatic carbocycles. The fourth-order valence-electron chi connectivity index (χ4n) is 9.05. The van der Waals surface area contributed by atoms with E-state index in [1.54, 1.807) is 0 Å². The van der Waals surface area contributed by atoms with E-state index in [4.69, 9.17) is 37.0 Å². The summed E-state index contributed by atoms with van der Waals surface area (Å²) in [7, 11) is -9.87. The molecule has 2 unspecified atom stereocenters. The lowest BCUT2D eigenvalue weighted by atomic mass is 10.0. The monoisotopic (exact) mass is 1180 g/mol. The highest BCUT2D eigenvalue weighted by Crippen LogP contribution is 2.45. The number of carbonyl (C=O) groups excluding carboxylic acids is 4. The normalized spacial score (nSPS) is 14.3. The number of aliphatic hydroxyl groups excluding tert-OH is 1. The molecule has 0 fully saturated rings. The lowest BCUT2D eigenvalue weighted by molar-refractivity contribution is -0.161. The Hall–Kier alpha value is -1.94.